The van der Waals surface area contributed by atoms with Gasteiger partial charge in [0, 0.05) is 22.0 Å². The van der Waals surface area contributed by atoms with E-state index in [-0.39, 0.29) is 0 Å². The van der Waals surface area contributed by atoms with Gasteiger partial charge in [0.15, 0.2) is 0 Å². The summed E-state index contributed by atoms with van der Waals surface area (Å²) in [5.41, 5.74) is 6.21. The van der Waals surface area contributed by atoms with E-state index in [1.807, 2.05) is 0 Å². The molecule has 5 aromatic rings. The van der Waals surface area contributed by atoms with E-state index in [1.165, 1.54) is 38.6 Å². The van der Waals surface area contributed by atoms with Crippen LogP contribution in [0.15, 0.2) is 103 Å². The highest BCUT2D eigenvalue weighted by atomic mass is 15.0. The molecule has 4 aromatic carbocycles. The van der Waals surface area contributed by atoms with Gasteiger partial charge in [0.1, 0.15) is 0 Å². The molecule has 0 N–H and O–H groups in total. The van der Waals surface area contributed by atoms with Crippen molar-refractivity contribution < 1.29 is 0 Å². The Morgan fingerprint density at radius 1 is 0.480 bits per heavy atom. The van der Waals surface area contributed by atoms with Gasteiger partial charge in [-0.15, -0.1) is 0 Å². The predicted molar refractivity (Wildman–Crippen MR) is 106 cm³/mol. The van der Waals surface area contributed by atoms with Crippen LogP contribution >= 0.6 is 0 Å². The Labute approximate surface area is 146 Å². The van der Waals surface area contributed by atoms with Gasteiger partial charge in [-0.1, -0.05) is 84.9 Å². The summed E-state index contributed by atoms with van der Waals surface area (Å²) in [6.45, 7) is 0. The van der Waals surface area contributed by atoms with Crippen molar-refractivity contribution in [2.24, 2.45) is 0 Å². The van der Waals surface area contributed by atoms with Crippen molar-refractivity contribution in [3.8, 4) is 16.8 Å². The Morgan fingerprint density at radius 3 is 1.92 bits per heavy atom. The number of aromatic nitrogens is 1. The Balaban J connectivity index is 1.99. The van der Waals surface area contributed by atoms with E-state index in [0.717, 1.165) is 0 Å². The van der Waals surface area contributed by atoms with Crippen molar-refractivity contribution in [3.05, 3.63) is 103 Å². The Bertz CT molecular complexity index is 1170. The lowest BCUT2D eigenvalue weighted by molar-refractivity contribution is 1.18. The van der Waals surface area contributed by atoms with Gasteiger partial charge < -0.3 is 4.57 Å². The lowest BCUT2D eigenvalue weighted by Gasteiger charge is -2.11. The number of fused-ring (bicyclic) bond motifs is 3. The summed E-state index contributed by atoms with van der Waals surface area (Å²) in [7, 11) is 0. The van der Waals surface area contributed by atoms with Gasteiger partial charge in [-0.3, -0.25) is 0 Å². The van der Waals surface area contributed by atoms with Crippen LogP contribution in [0.3, 0.4) is 0 Å². The number of rotatable bonds is 2. The number of hydrogen-bond donors (Lipinski definition) is 0. The molecule has 5 rings (SSSR count). The monoisotopic (exact) mass is 319 g/mol. The first-order chi connectivity index (χ1) is 12.4. The molecule has 0 aliphatic heterocycles. The SMILES string of the molecule is c1ccc(-c2cccc3c4ccccc4n(-c4ccccc4)c23)cc1. The zero-order valence-corrected chi connectivity index (χ0v) is 13.8. The Morgan fingerprint density at radius 2 is 1.12 bits per heavy atom. The third-order valence-electron chi connectivity index (χ3n) is 4.79. The zero-order valence-electron chi connectivity index (χ0n) is 13.8. The fourth-order valence-corrected chi connectivity index (χ4v) is 3.71. The van der Waals surface area contributed by atoms with Gasteiger partial charge in [0.2, 0.25) is 0 Å². The smallest absolute Gasteiger partial charge is 0.0619 e. The van der Waals surface area contributed by atoms with Crippen molar-refractivity contribution in [1.29, 1.82) is 0 Å². The molecule has 1 nitrogen and oxygen atoms in total. The molecule has 0 fully saturated rings. The number of hydrogen-bond acceptors (Lipinski definition) is 0. The van der Waals surface area contributed by atoms with Crippen LogP contribution < -0.4 is 0 Å². The predicted octanol–water partition coefficient (Wildman–Crippen LogP) is 6.45. The van der Waals surface area contributed by atoms with E-state index in [1.54, 1.807) is 0 Å². The average molecular weight is 319 g/mol. The first kappa shape index (κ1) is 14.1. The van der Waals surface area contributed by atoms with Gasteiger partial charge in [0.05, 0.1) is 11.0 Å². The van der Waals surface area contributed by atoms with Crippen molar-refractivity contribution >= 4 is 21.8 Å². The molecular formula is C24H17N. The van der Waals surface area contributed by atoms with Crippen LogP contribution in [-0.4, -0.2) is 4.57 Å². The van der Waals surface area contributed by atoms with Gasteiger partial charge in [-0.25, -0.2) is 0 Å². The van der Waals surface area contributed by atoms with Crippen molar-refractivity contribution in [1.82, 2.24) is 4.57 Å². The molecule has 1 aromatic heterocycles. The molecule has 1 heterocycles. The van der Waals surface area contributed by atoms with Crippen LogP contribution in [0.4, 0.5) is 0 Å². The minimum Gasteiger partial charge on any atom is -0.309 e. The highest BCUT2D eigenvalue weighted by Crippen LogP contribution is 2.37. The van der Waals surface area contributed by atoms with Crippen LogP contribution in [0.1, 0.15) is 0 Å². The minimum absolute atomic E-state index is 1.19. The standard InChI is InChI=1S/C24H17N/c1-3-10-18(11-4-1)20-15-9-16-22-21-14-7-8-17-23(21)25(24(20)22)19-12-5-2-6-13-19/h1-17H. The fourth-order valence-electron chi connectivity index (χ4n) is 3.71. The number of benzene rings is 4. The first-order valence-electron chi connectivity index (χ1n) is 8.56. The maximum atomic E-state index is 2.38. The van der Waals surface area contributed by atoms with E-state index in [4.69, 9.17) is 0 Å². The molecule has 25 heavy (non-hydrogen) atoms. The Hall–Kier alpha value is -3.32. The lowest BCUT2D eigenvalue weighted by atomic mass is 10.0. The van der Waals surface area contributed by atoms with Gasteiger partial charge >= 0.3 is 0 Å². The molecule has 0 radical (unpaired) electrons. The van der Waals surface area contributed by atoms with Crippen LogP contribution in [0.5, 0.6) is 0 Å². The van der Waals surface area contributed by atoms with Gasteiger partial charge in [0.25, 0.3) is 0 Å². The fraction of sp³-hybridized carbons (Fsp3) is 0. The third-order valence-corrected chi connectivity index (χ3v) is 4.79. The van der Waals surface area contributed by atoms with Gasteiger partial charge in [-0.05, 0) is 23.8 Å². The molecular weight excluding hydrogens is 302 g/mol. The van der Waals surface area contributed by atoms with E-state index < -0.39 is 0 Å². The molecule has 0 spiro atoms. The summed E-state index contributed by atoms with van der Waals surface area (Å²) in [6.07, 6.45) is 0. The van der Waals surface area contributed by atoms with Crippen LogP contribution in [0.25, 0.3) is 38.6 Å². The molecule has 0 aliphatic carbocycles. The second-order valence-corrected chi connectivity index (χ2v) is 6.26. The van der Waals surface area contributed by atoms with E-state index in [2.05, 4.69) is 108 Å². The molecule has 118 valence electrons. The zero-order chi connectivity index (χ0) is 16.6. The molecule has 0 saturated carbocycles. The third kappa shape index (κ3) is 2.17. The Kier molecular flexibility index (Phi) is 3.17. The van der Waals surface area contributed by atoms with Crippen LogP contribution in [0.2, 0.25) is 0 Å². The number of para-hydroxylation sites is 3. The molecule has 0 aliphatic rings. The quantitative estimate of drug-likeness (QED) is 0.352. The summed E-state index contributed by atoms with van der Waals surface area (Å²) in [5.74, 6) is 0. The summed E-state index contributed by atoms with van der Waals surface area (Å²) in [5, 5.41) is 2.58. The van der Waals surface area contributed by atoms with Crippen molar-refractivity contribution in [3.63, 3.8) is 0 Å². The van der Waals surface area contributed by atoms with Crippen LogP contribution in [-0.2, 0) is 0 Å². The van der Waals surface area contributed by atoms with Crippen molar-refractivity contribution in [2.45, 2.75) is 0 Å². The summed E-state index contributed by atoms with van der Waals surface area (Å²) < 4.78 is 2.38. The second-order valence-electron chi connectivity index (χ2n) is 6.26. The van der Waals surface area contributed by atoms with Crippen molar-refractivity contribution in [2.75, 3.05) is 0 Å². The van der Waals surface area contributed by atoms with E-state index in [0.29, 0.717) is 0 Å². The molecule has 0 amide bonds. The maximum absolute atomic E-state index is 2.38. The summed E-state index contributed by atoms with van der Waals surface area (Å²) in [4.78, 5) is 0. The van der Waals surface area contributed by atoms with E-state index in [9.17, 15) is 0 Å². The van der Waals surface area contributed by atoms with Gasteiger partial charge in [-0.2, -0.15) is 0 Å². The molecule has 0 saturated heterocycles. The molecule has 0 atom stereocenters. The minimum atomic E-state index is 1.19. The second kappa shape index (κ2) is 5.64. The molecule has 0 unspecified atom stereocenters. The lowest BCUT2D eigenvalue weighted by Crippen LogP contribution is -1.94. The molecule has 1 heteroatoms. The first-order valence-corrected chi connectivity index (χ1v) is 8.56. The maximum Gasteiger partial charge on any atom is 0.0619 e. The van der Waals surface area contributed by atoms with E-state index >= 15 is 0 Å². The van der Waals surface area contributed by atoms with Crippen LogP contribution in [0, 0.1) is 0 Å². The topological polar surface area (TPSA) is 4.93 Å². The highest BCUT2D eigenvalue weighted by molar-refractivity contribution is 6.13. The normalized spacial score (nSPS) is 11.2. The largest absolute Gasteiger partial charge is 0.309 e. The highest BCUT2D eigenvalue weighted by Gasteiger charge is 2.15. The average Bonchev–Trinajstić information content (AvgIpc) is 3.04. The summed E-state index contributed by atoms with van der Waals surface area (Å²) in [6, 6.07) is 36.5. The number of nitrogens with zero attached hydrogens (tertiary/aromatic N) is 1. The summed E-state index contributed by atoms with van der Waals surface area (Å²) >= 11 is 0. The molecule has 0 bridgehead atoms.